The van der Waals surface area contributed by atoms with E-state index in [4.69, 9.17) is 11.6 Å². The first kappa shape index (κ1) is 14.8. The Morgan fingerprint density at radius 1 is 1.47 bits per heavy atom. The number of nitrogens with zero attached hydrogens (tertiary/aromatic N) is 1. The van der Waals surface area contributed by atoms with Crippen LogP contribution in [0.25, 0.3) is 0 Å². The number of hydrogen-bond acceptors (Lipinski definition) is 2. The highest BCUT2D eigenvalue weighted by atomic mass is 35.5. The zero-order valence-corrected chi connectivity index (χ0v) is 12.8. The van der Waals surface area contributed by atoms with Crippen LogP contribution in [0.3, 0.4) is 0 Å². The van der Waals surface area contributed by atoms with Crippen LogP contribution in [0.1, 0.15) is 38.3 Å². The van der Waals surface area contributed by atoms with Crippen molar-refractivity contribution in [2.45, 2.75) is 32.7 Å². The van der Waals surface area contributed by atoms with Gasteiger partial charge in [0.2, 0.25) is 0 Å². The van der Waals surface area contributed by atoms with Gasteiger partial charge in [0.05, 0.1) is 0 Å². The van der Waals surface area contributed by atoms with Gasteiger partial charge in [-0.15, -0.1) is 0 Å². The van der Waals surface area contributed by atoms with Crippen molar-refractivity contribution in [1.29, 1.82) is 0 Å². The molecule has 0 spiro atoms. The number of halogens is 1. The zero-order chi connectivity index (χ0) is 13.7. The second-order valence-electron chi connectivity index (χ2n) is 5.58. The minimum absolute atomic E-state index is 0.467. The van der Waals surface area contributed by atoms with Gasteiger partial charge in [0.15, 0.2) is 0 Å². The summed E-state index contributed by atoms with van der Waals surface area (Å²) in [6.07, 6.45) is 2.52. The first-order valence-electron chi connectivity index (χ1n) is 7.41. The largest absolute Gasteiger partial charge is 0.316 e. The molecule has 1 aromatic carbocycles. The van der Waals surface area contributed by atoms with E-state index < -0.39 is 0 Å². The molecule has 0 radical (unpaired) electrons. The van der Waals surface area contributed by atoms with Gasteiger partial charge in [0.25, 0.3) is 0 Å². The smallest absolute Gasteiger partial charge is 0.0409 e. The molecule has 3 heteroatoms. The van der Waals surface area contributed by atoms with Crippen molar-refractivity contribution < 1.29 is 0 Å². The second kappa shape index (κ2) is 7.28. The molecule has 1 aliphatic heterocycles. The van der Waals surface area contributed by atoms with E-state index in [0.717, 1.165) is 24.0 Å². The fourth-order valence-electron chi connectivity index (χ4n) is 2.84. The van der Waals surface area contributed by atoms with Crippen molar-refractivity contribution in [3.05, 3.63) is 34.9 Å². The first-order chi connectivity index (χ1) is 9.20. The maximum Gasteiger partial charge on any atom is 0.0409 e. The average Bonchev–Trinajstić information content (AvgIpc) is 2.87. The number of benzene rings is 1. The van der Waals surface area contributed by atoms with Gasteiger partial charge < -0.3 is 5.32 Å². The third kappa shape index (κ3) is 4.20. The van der Waals surface area contributed by atoms with E-state index >= 15 is 0 Å². The van der Waals surface area contributed by atoms with Gasteiger partial charge in [-0.25, -0.2) is 0 Å². The molecule has 0 amide bonds. The molecule has 0 aliphatic carbocycles. The highest BCUT2D eigenvalue weighted by Gasteiger charge is 2.26. The van der Waals surface area contributed by atoms with Crippen LogP contribution in [0.4, 0.5) is 0 Å². The van der Waals surface area contributed by atoms with Gasteiger partial charge >= 0.3 is 0 Å². The van der Waals surface area contributed by atoms with Gasteiger partial charge in [-0.1, -0.05) is 30.7 Å². The predicted octanol–water partition coefficient (Wildman–Crippen LogP) is 3.72. The Labute approximate surface area is 122 Å². The lowest BCUT2D eigenvalue weighted by Gasteiger charge is -2.25. The maximum absolute atomic E-state index is 6.08. The summed E-state index contributed by atoms with van der Waals surface area (Å²) in [6, 6.07) is 8.73. The molecule has 2 rings (SSSR count). The minimum Gasteiger partial charge on any atom is -0.316 e. The maximum atomic E-state index is 6.08. The third-order valence-corrected chi connectivity index (χ3v) is 4.29. The number of nitrogens with one attached hydrogen (secondary N) is 1. The van der Waals surface area contributed by atoms with Crippen molar-refractivity contribution in [3.63, 3.8) is 0 Å². The molecule has 2 nitrogen and oxygen atoms in total. The normalized spacial score (nSPS) is 21.7. The monoisotopic (exact) mass is 280 g/mol. The number of rotatable bonds is 6. The summed E-state index contributed by atoms with van der Waals surface area (Å²) in [6.45, 7) is 9.20. The summed E-state index contributed by atoms with van der Waals surface area (Å²) in [7, 11) is 0. The van der Waals surface area contributed by atoms with Crippen molar-refractivity contribution in [2.24, 2.45) is 5.92 Å². The van der Waals surface area contributed by atoms with E-state index in [0.29, 0.717) is 6.04 Å². The van der Waals surface area contributed by atoms with Crippen LogP contribution in [0.15, 0.2) is 24.3 Å². The molecule has 2 unspecified atom stereocenters. The Hall–Kier alpha value is -0.570. The van der Waals surface area contributed by atoms with Gasteiger partial charge in [-0.2, -0.15) is 0 Å². The Morgan fingerprint density at radius 2 is 2.32 bits per heavy atom. The minimum atomic E-state index is 0.467. The van der Waals surface area contributed by atoms with Gasteiger partial charge in [0.1, 0.15) is 0 Å². The average molecular weight is 281 g/mol. The number of hydrogen-bond donors (Lipinski definition) is 1. The van der Waals surface area contributed by atoms with Gasteiger partial charge in [-0.05, 0) is 63.0 Å². The van der Waals surface area contributed by atoms with Crippen LogP contribution < -0.4 is 5.32 Å². The Bertz CT molecular complexity index is 394. The Kier molecular flexibility index (Phi) is 5.68. The summed E-state index contributed by atoms with van der Waals surface area (Å²) in [5.41, 5.74) is 1.33. The molecule has 19 heavy (non-hydrogen) atoms. The molecular formula is C16H25ClN2. The van der Waals surface area contributed by atoms with Crippen LogP contribution in [0, 0.1) is 5.92 Å². The van der Waals surface area contributed by atoms with E-state index in [9.17, 15) is 0 Å². The molecule has 0 aromatic heterocycles. The lowest BCUT2D eigenvalue weighted by Crippen LogP contribution is -2.28. The standard InChI is InChI=1S/C16H25ClN2/c1-3-8-18-11-14-7-9-19(12-14)13(2)15-5-4-6-16(17)10-15/h4-6,10,13-14,18H,3,7-9,11-12H2,1-2H3. The van der Waals surface area contributed by atoms with E-state index in [-0.39, 0.29) is 0 Å². The van der Waals surface area contributed by atoms with E-state index in [1.807, 2.05) is 12.1 Å². The topological polar surface area (TPSA) is 15.3 Å². The quantitative estimate of drug-likeness (QED) is 0.799. The molecule has 1 aliphatic rings. The van der Waals surface area contributed by atoms with E-state index in [2.05, 4.69) is 36.2 Å². The summed E-state index contributed by atoms with van der Waals surface area (Å²) in [5.74, 6) is 0.799. The summed E-state index contributed by atoms with van der Waals surface area (Å²) >= 11 is 6.08. The van der Waals surface area contributed by atoms with E-state index in [1.165, 1.54) is 31.5 Å². The van der Waals surface area contributed by atoms with Crippen molar-refractivity contribution in [1.82, 2.24) is 10.2 Å². The van der Waals surface area contributed by atoms with Crippen molar-refractivity contribution >= 4 is 11.6 Å². The molecule has 1 N–H and O–H groups in total. The summed E-state index contributed by atoms with van der Waals surface area (Å²) < 4.78 is 0. The molecule has 1 saturated heterocycles. The first-order valence-corrected chi connectivity index (χ1v) is 7.78. The van der Waals surface area contributed by atoms with Crippen LogP contribution >= 0.6 is 11.6 Å². The molecule has 1 fully saturated rings. The lowest BCUT2D eigenvalue weighted by molar-refractivity contribution is 0.251. The van der Waals surface area contributed by atoms with Crippen LogP contribution in [0.2, 0.25) is 5.02 Å². The highest BCUT2D eigenvalue weighted by molar-refractivity contribution is 6.30. The molecule has 2 atom stereocenters. The van der Waals surface area contributed by atoms with Crippen molar-refractivity contribution in [3.8, 4) is 0 Å². The molecule has 1 aromatic rings. The fourth-order valence-corrected chi connectivity index (χ4v) is 3.04. The van der Waals surface area contributed by atoms with Gasteiger partial charge in [0, 0.05) is 17.6 Å². The summed E-state index contributed by atoms with van der Waals surface area (Å²) in [5, 5.41) is 4.38. The predicted molar refractivity (Wildman–Crippen MR) is 82.7 cm³/mol. The molecule has 0 saturated carbocycles. The van der Waals surface area contributed by atoms with Crippen molar-refractivity contribution in [2.75, 3.05) is 26.2 Å². The molecular weight excluding hydrogens is 256 g/mol. The molecule has 106 valence electrons. The molecule has 1 heterocycles. The summed E-state index contributed by atoms with van der Waals surface area (Å²) in [4.78, 5) is 2.57. The van der Waals surface area contributed by atoms with Crippen LogP contribution in [-0.4, -0.2) is 31.1 Å². The molecule has 0 bridgehead atoms. The lowest BCUT2D eigenvalue weighted by atomic mass is 10.1. The van der Waals surface area contributed by atoms with E-state index in [1.54, 1.807) is 0 Å². The third-order valence-electron chi connectivity index (χ3n) is 4.06. The number of likely N-dealkylation sites (tertiary alicyclic amines) is 1. The Balaban J connectivity index is 1.86. The highest BCUT2D eigenvalue weighted by Crippen LogP contribution is 2.28. The van der Waals surface area contributed by atoms with Crippen LogP contribution in [-0.2, 0) is 0 Å². The second-order valence-corrected chi connectivity index (χ2v) is 6.02. The SMILES string of the molecule is CCCNCC1CCN(C(C)c2cccc(Cl)c2)C1. The zero-order valence-electron chi connectivity index (χ0n) is 12.0. The van der Waals surface area contributed by atoms with Crippen LogP contribution in [0.5, 0.6) is 0 Å². The van der Waals surface area contributed by atoms with Gasteiger partial charge in [-0.3, -0.25) is 4.90 Å². The fraction of sp³-hybridized carbons (Fsp3) is 0.625. The Morgan fingerprint density at radius 3 is 3.05 bits per heavy atom.